The number of benzene rings is 1. The molecule has 0 unspecified atom stereocenters. The first-order chi connectivity index (χ1) is 10.6. The molecule has 0 aliphatic heterocycles. The van der Waals surface area contributed by atoms with E-state index in [0.717, 1.165) is 11.3 Å². The molecule has 0 aliphatic carbocycles. The molecule has 7 nitrogen and oxygen atoms in total. The van der Waals surface area contributed by atoms with Crippen LogP contribution in [0.4, 0.5) is 5.69 Å². The number of rotatable bonds is 6. The van der Waals surface area contributed by atoms with Gasteiger partial charge in [-0.25, -0.2) is 5.10 Å². The van der Waals surface area contributed by atoms with Crippen LogP contribution < -0.4 is 5.32 Å². The van der Waals surface area contributed by atoms with Crippen LogP contribution in [0.2, 0.25) is 0 Å². The molecule has 0 spiro atoms. The third-order valence-corrected chi connectivity index (χ3v) is 3.38. The van der Waals surface area contributed by atoms with Gasteiger partial charge in [-0.1, -0.05) is 0 Å². The Kier molecular flexibility index (Phi) is 6.01. The molecule has 4 N–H and O–H groups in total. The van der Waals surface area contributed by atoms with Crippen molar-refractivity contribution in [2.75, 3.05) is 31.6 Å². The second-order valence-corrected chi connectivity index (χ2v) is 5.12. The minimum Gasteiger partial charge on any atom is -0.409 e. The standard InChI is InChI=1S/C13H16N4O3S2/c18-7-5-17(6-8-19)12(21)14-10-3-1-9(2-4-10)11-15-16-13(22)20-11/h1-4,18-19H,5-8H2,(H,14,21)(H,16,22). The van der Waals surface area contributed by atoms with E-state index in [1.54, 1.807) is 4.90 Å². The third-order valence-electron chi connectivity index (χ3n) is 2.85. The Balaban J connectivity index is 2.04. The van der Waals surface area contributed by atoms with E-state index in [-0.39, 0.29) is 18.1 Å². The highest BCUT2D eigenvalue weighted by Gasteiger charge is 2.09. The van der Waals surface area contributed by atoms with Crippen LogP contribution in [0.3, 0.4) is 0 Å². The van der Waals surface area contributed by atoms with Crippen molar-refractivity contribution in [3.63, 3.8) is 0 Å². The lowest BCUT2D eigenvalue weighted by Gasteiger charge is -2.24. The number of aromatic amines is 1. The molecule has 0 atom stereocenters. The maximum absolute atomic E-state index is 9.00. The molecule has 2 aromatic rings. The second-order valence-electron chi connectivity index (χ2n) is 4.36. The fourth-order valence-corrected chi connectivity index (χ4v) is 2.23. The average Bonchev–Trinajstić information content (AvgIpc) is 2.94. The van der Waals surface area contributed by atoms with Crippen molar-refractivity contribution in [3.05, 3.63) is 29.1 Å². The zero-order valence-electron chi connectivity index (χ0n) is 11.7. The van der Waals surface area contributed by atoms with Crippen molar-refractivity contribution in [2.45, 2.75) is 0 Å². The zero-order valence-corrected chi connectivity index (χ0v) is 13.3. The zero-order chi connectivity index (χ0) is 15.9. The van der Waals surface area contributed by atoms with Gasteiger partial charge in [-0.3, -0.25) is 0 Å². The van der Waals surface area contributed by atoms with Crippen molar-refractivity contribution < 1.29 is 14.6 Å². The molecule has 1 aromatic heterocycles. The number of thiocarbonyl (C=S) groups is 1. The topological polar surface area (TPSA) is 97.5 Å². The van der Waals surface area contributed by atoms with Crippen LogP contribution in [0.1, 0.15) is 0 Å². The monoisotopic (exact) mass is 340 g/mol. The number of aliphatic hydroxyl groups is 2. The number of aromatic nitrogens is 2. The van der Waals surface area contributed by atoms with Crippen LogP contribution in [-0.2, 0) is 0 Å². The van der Waals surface area contributed by atoms with Gasteiger partial charge in [-0.05, 0) is 48.7 Å². The van der Waals surface area contributed by atoms with E-state index < -0.39 is 0 Å². The Morgan fingerprint density at radius 2 is 1.86 bits per heavy atom. The van der Waals surface area contributed by atoms with E-state index in [9.17, 15) is 0 Å². The molecule has 118 valence electrons. The van der Waals surface area contributed by atoms with Gasteiger partial charge in [0.2, 0.25) is 5.89 Å². The maximum Gasteiger partial charge on any atom is 0.284 e. The number of anilines is 1. The Morgan fingerprint density at radius 1 is 1.23 bits per heavy atom. The molecule has 0 aliphatic rings. The van der Waals surface area contributed by atoms with Gasteiger partial charge in [0, 0.05) is 24.3 Å². The molecule has 0 fully saturated rings. The Labute approximate surface area is 137 Å². The summed E-state index contributed by atoms with van der Waals surface area (Å²) in [4.78, 5) is 1.91. The highest BCUT2D eigenvalue weighted by molar-refractivity contribution is 7.80. The molecular weight excluding hydrogens is 324 g/mol. The Bertz CT molecular complexity index is 662. The first kappa shape index (κ1) is 16.6. The number of hydrogen-bond donors (Lipinski definition) is 4. The first-order valence-corrected chi connectivity index (χ1v) is 7.39. The van der Waals surface area contributed by atoms with Gasteiger partial charge >= 0.3 is 0 Å². The van der Waals surface area contributed by atoms with E-state index in [0.29, 0.717) is 24.1 Å². The summed E-state index contributed by atoms with van der Waals surface area (Å²) >= 11 is 10.1. The van der Waals surface area contributed by atoms with Crippen LogP contribution in [0.15, 0.2) is 28.7 Å². The van der Waals surface area contributed by atoms with E-state index in [1.807, 2.05) is 24.3 Å². The van der Waals surface area contributed by atoms with E-state index in [2.05, 4.69) is 15.5 Å². The van der Waals surface area contributed by atoms with E-state index in [4.69, 9.17) is 39.1 Å². The number of hydrogen-bond acceptors (Lipinski definition) is 6. The summed E-state index contributed by atoms with van der Waals surface area (Å²) in [5.41, 5.74) is 1.56. The quantitative estimate of drug-likeness (QED) is 0.586. The average molecular weight is 340 g/mol. The highest BCUT2D eigenvalue weighted by atomic mass is 32.1. The van der Waals surface area contributed by atoms with Crippen molar-refractivity contribution in [2.24, 2.45) is 0 Å². The molecular formula is C13H16N4O3S2. The smallest absolute Gasteiger partial charge is 0.284 e. The molecule has 1 heterocycles. The summed E-state index contributed by atoms with van der Waals surface area (Å²) in [6.07, 6.45) is 0. The van der Waals surface area contributed by atoms with Gasteiger partial charge in [0.1, 0.15) is 0 Å². The normalized spacial score (nSPS) is 10.5. The predicted octanol–water partition coefficient (Wildman–Crippen LogP) is 1.38. The summed E-state index contributed by atoms with van der Waals surface area (Å²) in [7, 11) is 0. The maximum atomic E-state index is 9.00. The molecule has 0 saturated carbocycles. The van der Waals surface area contributed by atoms with Gasteiger partial charge in [0.15, 0.2) is 5.11 Å². The van der Waals surface area contributed by atoms with E-state index in [1.165, 1.54) is 0 Å². The minimum atomic E-state index is -0.0369. The predicted molar refractivity (Wildman–Crippen MR) is 89.1 cm³/mol. The number of nitrogens with one attached hydrogen (secondary N) is 2. The molecule has 9 heteroatoms. The molecule has 0 amide bonds. The lowest BCUT2D eigenvalue weighted by Crippen LogP contribution is -2.38. The highest BCUT2D eigenvalue weighted by Crippen LogP contribution is 2.19. The second kappa shape index (κ2) is 7.99. The summed E-state index contributed by atoms with van der Waals surface area (Å²) in [5.74, 6) is 0.418. The lowest BCUT2D eigenvalue weighted by atomic mass is 10.2. The van der Waals surface area contributed by atoms with Gasteiger partial charge < -0.3 is 24.8 Å². The van der Waals surface area contributed by atoms with Crippen LogP contribution in [-0.4, -0.2) is 56.7 Å². The van der Waals surface area contributed by atoms with Crippen molar-refractivity contribution in [1.29, 1.82) is 0 Å². The molecule has 0 bridgehead atoms. The molecule has 2 rings (SSSR count). The summed E-state index contributed by atoms with van der Waals surface area (Å²) in [6, 6.07) is 7.29. The molecule has 22 heavy (non-hydrogen) atoms. The van der Waals surface area contributed by atoms with Crippen LogP contribution >= 0.6 is 24.4 Å². The van der Waals surface area contributed by atoms with Crippen molar-refractivity contribution in [3.8, 4) is 11.5 Å². The largest absolute Gasteiger partial charge is 0.409 e. The lowest BCUT2D eigenvalue weighted by molar-refractivity contribution is 0.214. The fourth-order valence-electron chi connectivity index (χ4n) is 1.81. The van der Waals surface area contributed by atoms with Crippen molar-refractivity contribution in [1.82, 2.24) is 15.1 Å². The van der Waals surface area contributed by atoms with Crippen LogP contribution in [0.5, 0.6) is 0 Å². The molecule has 0 radical (unpaired) electrons. The Hall–Kier alpha value is -1.81. The summed E-state index contributed by atoms with van der Waals surface area (Å²) in [5, 5.41) is 28.0. The van der Waals surface area contributed by atoms with Crippen LogP contribution in [0, 0.1) is 4.84 Å². The van der Waals surface area contributed by atoms with Gasteiger partial charge in [0.25, 0.3) is 4.84 Å². The number of nitrogens with zero attached hydrogens (tertiary/aromatic N) is 2. The van der Waals surface area contributed by atoms with Gasteiger partial charge in [0.05, 0.1) is 13.2 Å². The fraction of sp³-hybridized carbons (Fsp3) is 0.308. The number of aliphatic hydroxyl groups excluding tert-OH is 2. The number of H-pyrrole nitrogens is 1. The first-order valence-electron chi connectivity index (χ1n) is 6.57. The van der Waals surface area contributed by atoms with Crippen molar-refractivity contribution >= 4 is 35.2 Å². The summed E-state index contributed by atoms with van der Waals surface area (Å²) in [6.45, 7) is 0.645. The SMILES string of the molecule is OCCN(CCO)C(=S)Nc1ccc(-c2n[nH]c(=S)o2)cc1. The Morgan fingerprint density at radius 3 is 2.36 bits per heavy atom. The third kappa shape index (κ3) is 4.34. The molecule has 0 saturated heterocycles. The van der Waals surface area contributed by atoms with E-state index >= 15 is 0 Å². The van der Waals surface area contributed by atoms with Gasteiger partial charge in [-0.2, -0.15) is 0 Å². The minimum absolute atomic E-state index is 0.0369. The van der Waals surface area contributed by atoms with Gasteiger partial charge in [-0.15, -0.1) is 5.10 Å². The molecule has 1 aromatic carbocycles. The van der Waals surface area contributed by atoms with Crippen LogP contribution in [0.25, 0.3) is 11.5 Å². The summed E-state index contributed by atoms with van der Waals surface area (Å²) < 4.78 is 5.23.